The van der Waals surface area contributed by atoms with Crippen LogP contribution in [-0.4, -0.2) is 33.0 Å². The highest BCUT2D eigenvalue weighted by Crippen LogP contribution is 2.18. The van der Waals surface area contributed by atoms with Crippen molar-refractivity contribution in [1.29, 1.82) is 0 Å². The summed E-state index contributed by atoms with van der Waals surface area (Å²) in [4.78, 5) is 21.7. The third kappa shape index (κ3) is 3.41. The number of nitrogens with zero attached hydrogens (tertiary/aromatic N) is 4. The normalized spacial score (nSPS) is 10.6. The molecule has 0 bridgehead atoms. The predicted octanol–water partition coefficient (Wildman–Crippen LogP) is 3.20. The fourth-order valence-electron chi connectivity index (χ4n) is 2.08. The van der Waals surface area contributed by atoms with Crippen molar-refractivity contribution in [1.82, 2.24) is 20.0 Å². The molecule has 3 aromatic rings. The molecule has 1 aromatic carbocycles. The topological polar surface area (TPSA) is 72.1 Å². The highest BCUT2D eigenvalue weighted by atomic mass is 35.5. The van der Waals surface area contributed by atoms with Crippen molar-refractivity contribution >= 4 is 17.5 Å². The number of hydrogen-bond donors (Lipinski definition) is 0. The van der Waals surface area contributed by atoms with Crippen LogP contribution in [0, 0.1) is 5.82 Å². The smallest absolute Gasteiger partial charge is 0.257 e. The molecule has 8 heteroatoms. The standard InChI is InChI=1S/C16H12ClFN4O2/c1-22(16(23)12-3-2-11(17)8-13(12)18)9-14-20-15(21-24-14)10-4-6-19-7-5-10/h2-8H,9H2,1H3. The number of benzene rings is 1. The minimum absolute atomic E-state index is 0.0545. The van der Waals surface area contributed by atoms with E-state index < -0.39 is 11.7 Å². The van der Waals surface area contributed by atoms with Gasteiger partial charge in [0.1, 0.15) is 5.82 Å². The number of halogens is 2. The lowest BCUT2D eigenvalue weighted by molar-refractivity contribution is 0.0765. The fraction of sp³-hybridized carbons (Fsp3) is 0.125. The largest absolute Gasteiger partial charge is 0.337 e. The lowest BCUT2D eigenvalue weighted by Crippen LogP contribution is -2.27. The monoisotopic (exact) mass is 346 g/mol. The van der Waals surface area contributed by atoms with Crippen LogP contribution in [0.1, 0.15) is 16.2 Å². The van der Waals surface area contributed by atoms with E-state index in [2.05, 4.69) is 15.1 Å². The third-order valence-corrected chi connectivity index (χ3v) is 3.52. The second kappa shape index (κ2) is 6.76. The van der Waals surface area contributed by atoms with Crippen molar-refractivity contribution in [2.45, 2.75) is 6.54 Å². The molecule has 0 atom stereocenters. The second-order valence-electron chi connectivity index (χ2n) is 5.03. The quantitative estimate of drug-likeness (QED) is 0.725. The van der Waals surface area contributed by atoms with E-state index in [1.54, 1.807) is 24.5 Å². The molecule has 6 nitrogen and oxygen atoms in total. The highest BCUT2D eigenvalue weighted by Gasteiger charge is 2.19. The molecule has 122 valence electrons. The Morgan fingerprint density at radius 1 is 1.29 bits per heavy atom. The summed E-state index contributed by atoms with van der Waals surface area (Å²) in [6, 6.07) is 7.38. The van der Waals surface area contributed by atoms with Gasteiger partial charge in [-0.2, -0.15) is 4.98 Å². The average molecular weight is 347 g/mol. The van der Waals surface area contributed by atoms with E-state index in [9.17, 15) is 9.18 Å². The van der Waals surface area contributed by atoms with Crippen molar-refractivity contribution in [3.63, 3.8) is 0 Å². The zero-order chi connectivity index (χ0) is 17.1. The van der Waals surface area contributed by atoms with Gasteiger partial charge < -0.3 is 9.42 Å². The van der Waals surface area contributed by atoms with Crippen LogP contribution in [0.3, 0.4) is 0 Å². The third-order valence-electron chi connectivity index (χ3n) is 3.29. The predicted molar refractivity (Wildman–Crippen MR) is 84.7 cm³/mol. The Balaban J connectivity index is 1.74. The van der Waals surface area contributed by atoms with E-state index in [1.807, 2.05) is 0 Å². The molecule has 0 radical (unpaired) electrons. The zero-order valence-electron chi connectivity index (χ0n) is 12.6. The van der Waals surface area contributed by atoms with Gasteiger partial charge in [0.05, 0.1) is 12.1 Å². The molecule has 3 rings (SSSR count). The summed E-state index contributed by atoms with van der Waals surface area (Å²) in [5.41, 5.74) is 0.675. The van der Waals surface area contributed by atoms with Crippen molar-refractivity contribution < 1.29 is 13.7 Å². The van der Waals surface area contributed by atoms with Crippen LogP contribution in [0.4, 0.5) is 4.39 Å². The van der Waals surface area contributed by atoms with Gasteiger partial charge in [-0.15, -0.1) is 0 Å². The minimum Gasteiger partial charge on any atom is -0.337 e. The van der Waals surface area contributed by atoms with Crippen molar-refractivity contribution in [3.05, 3.63) is 65.0 Å². The van der Waals surface area contributed by atoms with Gasteiger partial charge in [0.2, 0.25) is 11.7 Å². The van der Waals surface area contributed by atoms with Crippen LogP contribution >= 0.6 is 11.6 Å². The van der Waals surface area contributed by atoms with Crippen LogP contribution in [-0.2, 0) is 6.54 Å². The molecule has 2 heterocycles. The van der Waals surface area contributed by atoms with Crippen molar-refractivity contribution in [2.24, 2.45) is 0 Å². The Morgan fingerprint density at radius 3 is 2.75 bits per heavy atom. The number of amides is 1. The summed E-state index contributed by atoms with van der Waals surface area (Å²) in [6.07, 6.45) is 3.23. The van der Waals surface area contributed by atoms with Crippen LogP contribution in [0.2, 0.25) is 5.02 Å². The van der Waals surface area contributed by atoms with Gasteiger partial charge in [0.15, 0.2) is 0 Å². The molecule has 0 aliphatic rings. The minimum atomic E-state index is -0.678. The molecular formula is C16H12ClFN4O2. The maximum absolute atomic E-state index is 13.8. The van der Waals surface area contributed by atoms with Gasteiger partial charge in [0, 0.05) is 30.0 Å². The molecule has 0 saturated carbocycles. The van der Waals surface area contributed by atoms with Gasteiger partial charge in [-0.25, -0.2) is 4.39 Å². The van der Waals surface area contributed by atoms with Crippen molar-refractivity contribution in [2.75, 3.05) is 7.05 Å². The first-order valence-corrected chi connectivity index (χ1v) is 7.36. The highest BCUT2D eigenvalue weighted by molar-refractivity contribution is 6.30. The van der Waals surface area contributed by atoms with Crippen LogP contribution in [0.15, 0.2) is 47.2 Å². The number of aromatic nitrogens is 3. The molecule has 24 heavy (non-hydrogen) atoms. The first kappa shape index (κ1) is 16.1. The zero-order valence-corrected chi connectivity index (χ0v) is 13.4. The summed E-state index contributed by atoms with van der Waals surface area (Å²) < 4.78 is 19.0. The van der Waals surface area contributed by atoms with Gasteiger partial charge in [-0.1, -0.05) is 16.8 Å². The second-order valence-corrected chi connectivity index (χ2v) is 5.47. The Kier molecular flexibility index (Phi) is 4.52. The van der Waals surface area contributed by atoms with E-state index in [-0.39, 0.29) is 23.0 Å². The van der Waals surface area contributed by atoms with Crippen molar-refractivity contribution in [3.8, 4) is 11.4 Å². The first-order chi connectivity index (χ1) is 11.5. The van der Waals surface area contributed by atoms with Gasteiger partial charge in [0.25, 0.3) is 5.91 Å². The maximum Gasteiger partial charge on any atom is 0.257 e. The molecule has 2 aromatic heterocycles. The Hall–Kier alpha value is -2.80. The number of pyridine rings is 1. The van der Waals surface area contributed by atoms with Gasteiger partial charge >= 0.3 is 0 Å². The van der Waals surface area contributed by atoms with E-state index in [0.717, 1.165) is 11.6 Å². The summed E-state index contributed by atoms with van der Waals surface area (Å²) in [5, 5.41) is 4.08. The molecule has 0 aliphatic heterocycles. The molecule has 0 spiro atoms. The summed E-state index contributed by atoms with van der Waals surface area (Å²) >= 11 is 5.69. The number of rotatable bonds is 4. The Morgan fingerprint density at radius 2 is 2.04 bits per heavy atom. The number of carbonyl (C=O) groups excluding carboxylic acids is 1. The Bertz CT molecular complexity index is 870. The van der Waals surface area contributed by atoms with E-state index in [1.165, 1.54) is 24.1 Å². The Labute approximate surface area is 141 Å². The SMILES string of the molecule is CN(Cc1nc(-c2ccncc2)no1)C(=O)c1ccc(Cl)cc1F. The van der Waals surface area contributed by atoms with E-state index >= 15 is 0 Å². The van der Waals surface area contributed by atoms with Crippen LogP contribution in [0.5, 0.6) is 0 Å². The lowest BCUT2D eigenvalue weighted by atomic mass is 10.2. The lowest BCUT2D eigenvalue weighted by Gasteiger charge is -2.15. The van der Waals surface area contributed by atoms with E-state index in [4.69, 9.17) is 16.1 Å². The van der Waals surface area contributed by atoms with Gasteiger partial charge in [-0.3, -0.25) is 9.78 Å². The molecule has 0 aliphatic carbocycles. The van der Waals surface area contributed by atoms with Crippen LogP contribution < -0.4 is 0 Å². The molecule has 0 unspecified atom stereocenters. The fourth-order valence-corrected chi connectivity index (χ4v) is 2.24. The van der Waals surface area contributed by atoms with Crippen LogP contribution in [0.25, 0.3) is 11.4 Å². The molecule has 0 N–H and O–H groups in total. The first-order valence-electron chi connectivity index (χ1n) is 6.98. The number of carbonyl (C=O) groups is 1. The van der Waals surface area contributed by atoms with Gasteiger partial charge in [-0.05, 0) is 30.3 Å². The summed E-state index contributed by atoms with van der Waals surface area (Å²) in [5.74, 6) is -0.548. The molecule has 1 amide bonds. The molecule has 0 saturated heterocycles. The van der Waals surface area contributed by atoms with E-state index in [0.29, 0.717) is 5.82 Å². The summed E-state index contributed by atoms with van der Waals surface area (Å²) in [6.45, 7) is 0.0545. The summed E-state index contributed by atoms with van der Waals surface area (Å²) in [7, 11) is 1.52. The number of hydrogen-bond acceptors (Lipinski definition) is 5. The maximum atomic E-state index is 13.8. The molecular weight excluding hydrogens is 335 g/mol. The average Bonchev–Trinajstić information content (AvgIpc) is 3.03. The molecule has 0 fully saturated rings.